The maximum atomic E-state index is 13.1. The van der Waals surface area contributed by atoms with Gasteiger partial charge >= 0.3 is 11.9 Å². The Hall–Kier alpha value is -3.47. The second-order valence-electron chi connectivity index (χ2n) is 7.86. The lowest BCUT2D eigenvalue weighted by Crippen LogP contribution is -2.12. The minimum Gasteiger partial charge on any atom is -0.465 e. The van der Waals surface area contributed by atoms with Crippen LogP contribution in [0.2, 0.25) is 0 Å². The number of aromatic nitrogens is 1. The van der Waals surface area contributed by atoms with E-state index in [1.807, 2.05) is 44.2 Å². The number of rotatable bonds is 8. The van der Waals surface area contributed by atoms with Gasteiger partial charge in [-0.1, -0.05) is 55.3 Å². The zero-order valence-electron chi connectivity index (χ0n) is 19.1. The molecule has 0 saturated carbocycles. The van der Waals surface area contributed by atoms with E-state index in [1.54, 1.807) is 24.3 Å². The van der Waals surface area contributed by atoms with Gasteiger partial charge < -0.3 is 9.47 Å². The van der Waals surface area contributed by atoms with Gasteiger partial charge in [0.25, 0.3) is 0 Å². The minimum atomic E-state index is -0.434. The van der Waals surface area contributed by atoms with E-state index in [0.717, 1.165) is 41.6 Å². The molecule has 0 saturated heterocycles. The zero-order chi connectivity index (χ0) is 23.1. The molecule has 166 valence electrons. The number of esters is 2. The first-order valence-electron chi connectivity index (χ1n) is 10.8. The second kappa shape index (κ2) is 10.7. The molecule has 0 bridgehead atoms. The van der Waals surface area contributed by atoms with Gasteiger partial charge in [0.1, 0.15) is 6.61 Å². The first-order chi connectivity index (χ1) is 15.4. The molecule has 0 radical (unpaired) electrons. The number of hydrogen-bond donors (Lipinski definition) is 0. The van der Waals surface area contributed by atoms with Gasteiger partial charge in [0.15, 0.2) is 0 Å². The quantitative estimate of drug-likeness (QED) is 0.419. The van der Waals surface area contributed by atoms with E-state index < -0.39 is 11.9 Å². The van der Waals surface area contributed by atoms with E-state index in [0.29, 0.717) is 22.4 Å². The molecule has 0 aliphatic rings. The molecule has 0 aliphatic heterocycles. The molecule has 3 aromatic rings. The topological polar surface area (TPSA) is 65.5 Å². The summed E-state index contributed by atoms with van der Waals surface area (Å²) >= 11 is 0. The van der Waals surface area contributed by atoms with Crippen LogP contribution in [0.3, 0.4) is 0 Å². The van der Waals surface area contributed by atoms with Crippen molar-refractivity contribution in [1.82, 2.24) is 4.98 Å². The van der Waals surface area contributed by atoms with Crippen LogP contribution < -0.4 is 0 Å². The molecule has 1 heterocycles. The number of carbonyl (C=O) groups is 2. The number of pyridine rings is 1. The average Bonchev–Trinajstić information content (AvgIpc) is 2.81. The minimum absolute atomic E-state index is 0.0496. The smallest absolute Gasteiger partial charge is 0.340 e. The summed E-state index contributed by atoms with van der Waals surface area (Å²) in [5, 5.41) is 0. The van der Waals surface area contributed by atoms with Gasteiger partial charge in [-0.3, -0.25) is 4.98 Å². The van der Waals surface area contributed by atoms with E-state index in [9.17, 15) is 9.59 Å². The Morgan fingerprint density at radius 2 is 1.72 bits per heavy atom. The van der Waals surface area contributed by atoms with Gasteiger partial charge in [-0.2, -0.15) is 0 Å². The Morgan fingerprint density at radius 3 is 2.41 bits per heavy atom. The number of carbonyl (C=O) groups excluding carboxylic acids is 2. The summed E-state index contributed by atoms with van der Waals surface area (Å²) in [6.45, 7) is 6.08. The molecule has 5 nitrogen and oxygen atoms in total. The fourth-order valence-electron chi connectivity index (χ4n) is 3.57. The zero-order valence-corrected chi connectivity index (χ0v) is 19.1. The van der Waals surface area contributed by atoms with Crippen molar-refractivity contribution in [3.05, 3.63) is 88.2 Å². The van der Waals surface area contributed by atoms with Crippen molar-refractivity contribution in [3.8, 4) is 11.1 Å². The molecule has 1 aromatic heterocycles. The molecule has 0 spiro atoms. The maximum Gasteiger partial charge on any atom is 0.340 e. The molecule has 3 rings (SSSR count). The van der Waals surface area contributed by atoms with Crippen molar-refractivity contribution in [2.75, 3.05) is 7.11 Å². The number of aryl methyl sites for hydroxylation is 3. The lowest BCUT2D eigenvalue weighted by Gasteiger charge is -2.15. The average molecular weight is 432 g/mol. The summed E-state index contributed by atoms with van der Waals surface area (Å²) in [6, 6.07) is 17.0. The van der Waals surface area contributed by atoms with Crippen LogP contribution in [0, 0.1) is 13.8 Å². The Bertz CT molecular complexity index is 1100. The molecule has 0 N–H and O–H groups in total. The predicted molar refractivity (Wildman–Crippen MR) is 125 cm³/mol. The van der Waals surface area contributed by atoms with Crippen molar-refractivity contribution in [3.63, 3.8) is 0 Å². The molecule has 0 fully saturated rings. The van der Waals surface area contributed by atoms with Crippen LogP contribution in [-0.2, 0) is 22.5 Å². The van der Waals surface area contributed by atoms with Crippen molar-refractivity contribution in [2.45, 2.75) is 46.6 Å². The van der Waals surface area contributed by atoms with E-state index >= 15 is 0 Å². The van der Waals surface area contributed by atoms with Crippen LogP contribution in [0.25, 0.3) is 11.1 Å². The standard InChI is InChI=1S/C27H29NO4/c1-5-6-10-23-16-24(21-13-11-18(2)12-14-21)25(19(3)28-23)27(30)32-17-20-8-7-9-22(15-20)26(29)31-4/h7-9,11-16H,5-6,10,17H2,1-4H3. The summed E-state index contributed by atoms with van der Waals surface area (Å²) in [6.07, 6.45) is 2.99. The monoisotopic (exact) mass is 431 g/mol. The number of methoxy groups -OCH3 is 1. The van der Waals surface area contributed by atoms with Crippen LogP contribution >= 0.6 is 0 Å². The van der Waals surface area contributed by atoms with E-state index in [4.69, 9.17) is 9.47 Å². The highest BCUT2D eigenvalue weighted by Crippen LogP contribution is 2.28. The number of hydrogen-bond acceptors (Lipinski definition) is 5. The summed E-state index contributed by atoms with van der Waals surface area (Å²) in [7, 11) is 1.33. The van der Waals surface area contributed by atoms with Crippen molar-refractivity contribution in [2.24, 2.45) is 0 Å². The fraction of sp³-hybridized carbons (Fsp3) is 0.296. The van der Waals surface area contributed by atoms with Gasteiger partial charge in [0.05, 0.1) is 23.9 Å². The van der Waals surface area contributed by atoms with Gasteiger partial charge in [-0.05, 0) is 61.6 Å². The SMILES string of the molecule is CCCCc1cc(-c2ccc(C)cc2)c(C(=O)OCc2cccc(C(=O)OC)c2)c(C)n1. The third-order valence-corrected chi connectivity index (χ3v) is 5.32. The third kappa shape index (κ3) is 5.61. The van der Waals surface area contributed by atoms with Gasteiger partial charge in [-0.25, -0.2) is 9.59 Å². The highest BCUT2D eigenvalue weighted by Gasteiger charge is 2.20. The Labute approximate surface area is 189 Å². The predicted octanol–water partition coefficient (Wildman–Crippen LogP) is 5.85. The fourth-order valence-corrected chi connectivity index (χ4v) is 3.57. The van der Waals surface area contributed by atoms with Crippen LogP contribution in [0.4, 0.5) is 0 Å². The molecule has 32 heavy (non-hydrogen) atoms. The summed E-state index contributed by atoms with van der Waals surface area (Å²) in [5.74, 6) is -0.862. The molecule has 5 heteroatoms. The Kier molecular flexibility index (Phi) is 7.77. The Morgan fingerprint density at radius 1 is 0.969 bits per heavy atom. The first kappa shape index (κ1) is 23.2. The largest absolute Gasteiger partial charge is 0.465 e. The number of ether oxygens (including phenoxy) is 2. The lowest BCUT2D eigenvalue weighted by molar-refractivity contribution is 0.0472. The van der Waals surface area contributed by atoms with E-state index in [2.05, 4.69) is 11.9 Å². The molecule has 2 aromatic carbocycles. The lowest BCUT2D eigenvalue weighted by atomic mass is 9.96. The molecule has 0 aliphatic carbocycles. The molecule has 0 atom stereocenters. The van der Waals surface area contributed by atoms with Gasteiger partial charge in [0.2, 0.25) is 0 Å². The van der Waals surface area contributed by atoms with Crippen molar-refractivity contribution in [1.29, 1.82) is 0 Å². The second-order valence-corrected chi connectivity index (χ2v) is 7.86. The highest BCUT2D eigenvalue weighted by molar-refractivity contribution is 5.98. The number of benzene rings is 2. The molecule has 0 amide bonds. The molecular weight excluding hydrogens is 402 g/mol. The molecule has 0 unspecified atom stereocenters. The third-order valence-electron chi connectivity index (χ3n) is 5.32. The number of nitrogens with zero attached hydrogens (tertiary/aromatic N) is 1. The first-order valence-corrected chi connectivity index (χ1v) is 10.8. The summed E-state index contributed by atoms with van der Waals surface area (Å²) in [5.41, 5.74) is 6.17. The number of unbranched alkanes of at least 4 members (excludes halogenated alkanes) is 1. The Balaban J connectivity index is 1.91. The van der Waals surface area contributed by atoms with Gasteiger partial charge in [-0.15, -0.1) is 0 Å². The van der Waals surface area contributed by atoms with Crippen LogP contribution in [0.15, 0.2) is 54.6 Å². The summed E-state index contributed by atoms with van der Waals surface area (Å²) < 4.78 is 10.4. The highest BCUT2D eigenvalue weighted by atomic mass is 16.5. The van der Waals surface area contributed by atoms with Gasteiger partial charge in [0, 0.05) is 5.69 Å². The van der Waals surface area contributed by atoms with Crippen molar-refractivity contribution < 1.29 is 19.1 Å². The van der Waals surface area contributed by atoms with E-state index in [1.165, 1.54) is 7.11 Å². The van der Waals surface area contributed by atoms with Crippen LogP contribution in [-0.4, -0.2) is 24.0 Å². The van der Waals surface area contributed by atoms with Crippen LogP contribution in [0.5, 0.6) is 0 Å². The summed E-state index contributed by atoms with van der Waals surface area (Å²) in [4.78, 5) is 29.6. The normalized spacial score (nSPS) is 10.6. The molecular formula is C27H29NO4. The van der Waals surface area contributed by atoms with E-state index in [-0.39, 0.29) is 6.61 Å². The van der Waals surface area contributed by atoms with Crippen LogP contribution in [0.1, 0.15) is 63.0 Å². The maximum absolute atomic E-state index is 13.1. The van der Waals surface area contributed by atoms with Crippen molar-refractivity contribution >= 4 is 11.9 Å².